The van der Waals surface area contributed by atoms with Gasteiger partial charge in [0.25, 0.3) is 0 Å². The van der Waals surface area contributed by atoms with Crippen LogP contribution in [0.25, 0.3) is 11.1 Å². The maximum absolute atomic E-state index is 11.3. The number of hydrogen-bond acceptors (Lipinski definition) is 1. The van der Waals surface area contributed by atoms with Crippen molar-refractivity contribution in [3.05, 3.63) is 59.1 Å². The Bertz CT molecular complexity index is 531. The molecule has 82 valence electrons. The van der Waals surface area contributed by atoms with Crippen LogP contribution in [-0.4, -0.2) is 5.91 Å². The van der Waals surface area contributed by atoms with Crippen molar-refractivity contribution in [2.75, 3.05) is 0 Å². The predicted octanol–water partition coefficient (Wildman–Crippen LogP) is 0.222. The first kappa shape index (κ1) is 14.3. The van der Waals surface area contributed by atoms with Gasteiger partial charge in [0.05, 0.1) is 0 Å². The number of hydrogen-bond donors (Lipinski definition) is 1. The van der Waals surface area contributed by atoms with Crippen LogP contribution >= 0.6 is 11.6 Å². The van der Waals surface area contributed by atoms with Gasteiger partial charge in [0.1, 0.15) is 0 Å². The Kier molecular flexibility index (Phi) is 5.22. The third-order valence-corrected chi connectivity index (χ3v) is 2.60. The number of carbonyl (C=O) groups excluding carboxylic acids is 1. The van der Waals surface area contributed by atoms with Gasteiger partial charge in [0.15, 0.2) is 0 Å². The van der Waals surface area contributed by atoms with Crippen LogP contribution in [0.15, 0.2) is 48.5 Å². The van der Waals surface area contributed by atoms with Gasteiger partial charge in [-0.15, -0.1) is 0 Å². The monoisotopic (exact) mass is 255 g/mol. The van der Waals surface area contributed by atoms with E-state index in [-0.39, 0.29) is 31.0 Å². The molecule has 0 unspecified atom stereocenters. The molecule has 0 saturated heterocycles. The Labute approximate surface area is 129 Å². The van der Waals surface area contributed by atoms with Crippen molar-refractivity contribution in [2.45, 2.75) is 0 Å². The number of rotatable bonds is 2. The summed E-state index contributed by atoms with van der Waals surface area (Å²) in [5.41, 5.74) is 7.59. The fourth-order valence-electron chi connectivity index (χ4n) is 1.58. The quantitative estimate of drug-likeness (QED) is 0.767. The molecule has 2 aromatic carbocycles. The van der Waals surface area contributed by atoms with Gasteiger partial charge in [-0.2, -0.15) is 0 Å². The zero-order valence-electron chi connectivity index (χ0n) is 10.5. The van der Waals surface area contributed by atoms with Crippen LogP contribution < -0.4 is 35.3 Å². The Balaban J connectivity index is 0.00000144. The second-order valence-corrected chi connectivity index (χ2v) is 3.85. The van der Waals surface area contributed by atoms with E-state index >= 15 is 0 Å². The summed E-state index contributed by atoms with van der Waals surface area (Å²) in [4.78, 5) is 11.3. The fourth-order valence-corrected chi connectivity index (χ4v) is 1.71. The van der Waals surface area contributed by atoms with E-state index in [1.807, 2.05) is 24.3 Å². The topological polar surface area (TPSA) is 43.1 Å². The summed E-state index contributed by atoms with van der Waals surface area (Å²) in [6.45, 7) is 0. The van der Waals surface area contributed by atoms with Crippen molar-refractivity contribution in [2.24, 2.45) is 5.73 Å². The Morgan fingerprint density at radius 1 is 1.06 bits per heavy atom. The van der Waals surface area contributed by atoms with Crippen LogP contribution in [0.5, 0.6) is 0 Å². The summed E-state index contributed by atoms with van der Waals surface area (Å²) >= 11 is 5.81. The van der Waals surface area contributed by atoms with Crippen LogP contribution in [0, 0.1) is 0 Å². The summed E-state index contributed by atoms with van der Waals surface area (Å²) in [6, 6.07) is 14.5. The van der Waals surface area contributed by atoms with Gasteiger partial charge in [0, 0.05) is 10.6 Å². The van der Waals surface area contributed by atoms with E-state index in [0.29, 0.717) is 10.6 Å². The molecule has 0 aliphatic heterocycles. The molecule has 0 spiro atoms. The van der Waals surface area contributed by atoms with E-state index in [1.54, 1.807) is 24.3 Å². The standard InChI is InChI=1S/C13H10ClNO.Na.H/c14-10-7-5-9(6-8-10)11-3-1-2-4-12(11)13(15)16;;/h1-8H,(H2,15,16);;/q;+1;-1. The number of halogens is 1. The molecular weight excluding hydrogens is 245 g/mol. The number of primary amides is 1. The van der Waals surface area contributed by atoms with Crippen LogP contribution in [-0.2, 0) is 0 Å². The van der Waals surface area contributed by atoms with E-state index in [0.717, 1.165) is 11.1 Å². The summed E-state index contributed by atoms with van der Waals surface area (Å²) in [6.07, 6.45) is 0. The second kappa shape index (κ2) is 6.22. The predicted molar refractivity (Wildman–Crippen MR) is 66.5 cm³/mol. The summed E-state index contributed by atoms with van der Waals surface area (Å²) in [5, 5.41) is 0.667. The zero-order chi connectivity index (χ0) is 11.5. The largest absolute Gasteiger partial charge is 1.00 e. The van der Waals surface area contributed by atoms with Crippen molar-refractivity contribution >= 4 is 17.5 Å². The van der Waals surface area contributed by atoms with Gasteiger partial charge in [-0.1, -0.05) is 41.9 Å². The molecule has 0 aromatic heterocycles. The molecule has 0 aliphatic carbocycles. The maximum atomic E-state index is 11.3. The van der Waals surface area contributed by atoms with Gasteiger partial charge in [-0.25, -0.2) is 0 Å². The molecule has 1 amide bonds. The van der Waals surface area contributed by atoms with Gasteiger partial charge >= 0.3 is 29.6 Å². The molecule has 0 heterocycles. The molecule has 0 aliphatic rings. The minimum Gasteiger partial charge on any atom is -1.00 e. The molecule has 2 aromatic rings. The van der Waals surface area contributed by atoms with Gasteiger partial charge < -0.3 is 7.16 Å². The Morgan fingerprint density at radius 2 is 1.65 bits per heavy atom. The normalized spacial score (nSPS) is 9.47. The minimum atomic E-state index is -0.425. The SMILES string of the molecule is NC(=O)c1ccccc1-c1ccc(Cl)cc1.[H-].[Na+]. The smallest absolute Gasteiger partial charge is 1.00 e. The number of amides is 1. The molecule has 2 nitrogen and oxygen atoms in total. The minimum absolute atomic E-state index is 0. The van der Waals surface area contributed by atoms with Crippen LogP contribution in [0.4, 0.5) is 0 Å². The summed E-state index contributed by atoms with van der Waals surface area (Å²) in [7, 11) is 0. The molecule has 17 heavy (non-hydrogen) atoms. The van der Waals surface area contributed by atoms with E-state index in [4.69, 9.17) is 17.3 Å². The number of nitrogens with two attached hydrogens (primary N) is 1. The molecule has 0 radical (unpaired) electrons. The maximum Gasteiger partial charge on any atom is 1.00 e. The van der Waals surface area contributed by atoms with Crippen molar-refractivity contribution in [1.29, 1.82) is 0 Å². The van der Waals surface area contributed by atoms with E-state index in [9.17, 15) is 4.79 Å². The third kappa shape index (κ3) is 3.33. The van der Waals surface area contributed by atoms with Crippen molar-refractivity contribution in [3.63, 3.8) is 0 Å². The van der Waals surface area contributed by atoms with Gasteiger partial charge in [0.2, 0.25) is 5.91 Å². The van der Waals surface area contributed by atoms with Gasteiger partial charge in [-0.05, 0) is 29.3 Å². The molecule has 4 heteroatoms. The van der Waals surface area contributed by atoms with Crippen molar-refractivity contribution < 1.29 is 35.8 Å². The van der Waals surface area contributed by atoms with E-state index < -0.39 is 5.91 Å². The molecule has 0 saturated carbocycles. The van der Waals surface area contributed by atoms with Crippen molar-refractivity contribution in [3.8, 4) is 11.1 Å². The van der Waals surface area contributed by atoms with Gasteiger partial charge in [-0.3, -0.25) is 4.79 Å². The first-order valence-corrected chi connectivity index (χ1v) is 5.21. The molecule has 0 atom stereocenters. The van der Waals surface area contributed by atoms with Crippen LogP contribution in [0.1, 0.15) is 11.8 Å². The molecular formula is C13H11ClNNaO. The molecule has 0 bridgehead atoms. The Morgan fingerprint density at radius 3 is 2.24 bits per heavy atom. The average molecular weight is 256 g/mol. The van der Waals surface area contributed by atoms with Crippen LogP contribution in [0.3, 0.4) is 0 Å². The molecule has 2 rings (SSSR count). The summed E-state index contributed by atoms with van der Waals surface area (Å²) in [5.74, 6) is -0.425. The Hall–Kier alpha value is -0.800. The first-order chi connectivity index (χ1) is 7.68. The van der Waals surface area contributed by atoms with E-state index in [2.05, 4.69) is 0 Å². The number of benzene rings is 2. The fraction of sp³-hybridized carbons (Fsp3) is 0. The molecule has 0 fully saturated rings. The first-order valence-electron chi connectivity index (χ1n) is 4.83. The number of carbonyl (C=O) groups is 1. The average Bonchev–Trinajstić information content (AvgIpc) is 2.30. The second-order valence-electron chi connectivity index (χ2n) is 3.42. The van der Waals surface area contributed by atoms with Crippen molar-refractivity contribution in [1.82, 2.24) is 0 Å². The summed E-state index contributed by atoms with van der Waals surface area (Å²) < 4.78 is 0. The van der Waals surface area contributed by atoms with E-state index in [1.165, 1.54) is 0 Å². The van der Waals surface area contributed by atoms with Crippen LogP contribution in [0.2, 0.25) is 5.02 Å². The molecule has 2 N–H and O–H groups in total. The third-order valence-electron chi connectivity index (χ3n) is 2.35. The zero-order valence-corrected chi connectivity index (χ0v) is 12.2.